The van der Waals surface area contributed by atoms with Gasteiger partial charge in [0.05, 0.1) is 6.26 Å². The molecular weight excluding hydrogens is 240 g/mol. The van der Waals surface area contributed by atoms with Crippen molar-refractivity contribution >= 4 is 15.9 Å². The van der Waals surface area contributed by atoms with Gasteiger partial charge in [-0.25, -0.2) is 12.7 Å². The summed E-state index contributed by atoms with van der Waals surface area (Å²) < 4.78 is 24.6. The first-order chi connectivity index (χ1) is 7.89. The van der Waals surface area contributed by atoms with Gasteiger partial charge in [0.2, 0.25) is 15.9 Å². The largest absolute Gasteiger partial charge is 0.359 e. The minimum atomic E-state index is -3.12. The monoisotopic (exact) mass is 260 g/mol. The zero-order chi connectivity index (χ0) is 12.7. The molecular formula is C11H20N2O3S. The van der Waals surface area contributed by atoms with Crippen molar-refractivity contribution < 1.29 is 13.2 Å². The highest BCUT2D eigenvalue weighted by atomic mass is 32.2. The highest BCUT2D eigenvalue weighted by Gasteiger charge is 2.51. The lowest BCUT2D eigenvalue weighted by atomic mass is 9.76. The molecule has 1 heterocycles. The molecule has 1 aliphatic carbocycles. The van der Waals surface area contributed by atoms with Crippen molar-refractivity contribution in [2.24, 2.45) is 11.3 Å². The standard InChI is InChI=1S/C11H20N2O3S/c1-12-10(14)9-4-3-5-11(9)6-7-13(8-11)17(2,15)16/h9H,3-8H2,1-2H3,(H,12,14)/t9-,11-/m1/s1. The number of rotatable bonds is 2. The van der Waals surface area contributed by atoms with Crippen LogP contribution in [0.2, 0.25) is 0 Å². The van der Waals surface area contributed by atoms with Crippen LogP contribution >= 0.6 is 0 Å². The van der Waals surface area contributed by atoms with Crippen molar-refractivity contribution in [3.05, 3.63) is 0 Å². The van der Waals surface area contributed by atoms with E-state index < -0.39 is 10.0 Å². The fourth-order valence-electron chi connectivity index (χ4n) is 3.35. The number of hydrogen-bond donors (Lipinski definition) is 1. The summed E-state index contributed by atoms with van der Waals surface area (Å²) in [6, 6.07) is 0. The van der Waals surface area contributed by atoms with Crippen molar-refractivity contribution in [2.45, 2.75) is 25.7 Å². The molecule has 0 aromatic rings. The van der Waals surface area contributed by atoms with Gasteiger partial charge in [-0.1, -0.05) is 6.42 Å². The average molecular weight is 260 g/mol. The van der Waals surface area contributed by atoms with Crippen molar-refractivity contribution in [1.29, 1.82) is 0 Å². The Morgan fingerprint density at radius 1 is 1.41 bits per heavy atom. The van der Waals surface area contributed by atoms with Crippen molar-refractivity contribution in [3.63, 3.8) is 0 Å². The van der Waals surface area contributed by atoms with E-state index in [9.17, 15) is 13.2 Å². The van der Waals surface area contributed by atoms with E-state index in [4.69, 9.17) is 0 Å². The number of sulfonamides is 1. The van der Waals surface area contributed by atoms with Crippen molar-refractivity contribution in [1.82, 2.24) is 9.62 Å². The topological polar surface area (TPSA) is 66.5 Å². The van der Waals surface area contributed by atoms with Crippen LogP contribution in [-0.2, 0) is 14.8 Å². The molecule has 98 valence electrons. The molecule has 2 fully saturated rings. The van der Waals surface area contributed by atoms with E-state index in [2.05, 4.69) is 5.32 Å². The molecule has 2 rings (SSSR count). The van der Waals surface area contributed by atoms with Crippen LogP contribution in [0.25, 0.3) is 0 Å². The van der Waals surface area contributed by atoms with E-state index in [1.54, 1.807) is 7.05 Å². The molecule has 5 nitrogen and oxygen atoms in total. The molecule has 2 atom stereocenters. The smallest absolute Gasteiger partial charge is 0.223 e. The first kappa shape index (κ1) is 12.8. The number of carbonyl (C=O) groups excluding carboxylic acids is 1. The summed E-state index contributed by atoms with van der Waals surface area (Å²) in [5, 5.41) is 2.70. The summed E-state index contributed by atoms with van der Waals surface area (Å²) in [6.45, 7) is 1.08. The minimum absolute atomic E-state index is 0.0146. The maximum atomic E-state index is 11.9. The van der Waals surface area contributed by atoms with Gasteiger partial charge in [0, 0.05) is 26.1 Å². The molecule has 17 heavy (non-hydrogen) atoms. The van der Waals surface area contributed by atoms with Crippen LogP contribution in [0.3, 0.4) is 0 Å². The lowest BCUT2D eigenvalue weighted by molar-refractivity contribution is -0.127. The highest BCUT2D eigenvalue weighted by Crippen LogP contribution is 2.50. The van der Waals surface area contributed by atoms with Crippen LogP contribution in [0.5, 0.6) is 0 Å². The third-order valence-electron chi connectivity index (χ3n) is 4.29. The quantitative estimate of drug-likeness (QED) is 0.770. The Hall–Kier alpha value is -0.620. The van der Waals surface area contributed by atoms with Gasteiger partial charge in [-0.2, -0.15) is 0 Å². The Morgan fingerprint density at radius 3 is 2.65 bits per heavy atom. The molecule has 6 heteroatoms. The molecule has 0 bridgehead atoms. The molecule has 1 saturated carbocycles. The predicted octanol–water partition coefficient (Wildman–Crippen LogP) is 0.184. The Balaban J connectivity index is 2.18. The molecule has 0 aromatic heterocycles. The Morgan fingerprint density at radius 2 is 2.12 bits per heavy atom. The summed E-state index contributed by atoms with van der Waals surface area (Å²) in [7, 11) is -1.47. The maximum Gasteiger partial charge on any atom is 0.223 e. The number of nitrogens with one attached hydrogen (secondary N) is 1. The molecule has 0 aromatic carbocycles. The van der Waals surface area contributed by atoms with Gasteiger partial charge in [-0.3, -0.25) is 4.79 Å². The van der Waals surface area contributed by atoms with E-state index in [-0.39, 0.29) is 17.2 Å². The summed E-state index contributed by atoms with van der Waals surface area (Å²) in [5.41, 5.74) is -0.108. The molecule has 1 aliphatic heterocycles. The lowest BCUT2D eigenvalue weighted by Gasteiger charge is -2.29. The van der Waals surface area contributed by atoms with Gasteiger partial charge in [0.15, 0.2) is 0 Å². The number of amides is 1. The molecule has 1 N–H and O–H groups in total. The summed E-state index contributed by atoms with van der Waals surface area (Å²) >= 11 is 0. The molecule has 1 saturated heterocycles. The Kier molecular flexibility index (Phi) is 3.20. The highest BCUT2D eigenvalue weighted by molar-refractivity contribution is 7.88. The second kappa shape index (κ2) is 4.24. The van der Waals surface area contributed by atoms with Gasteiger partial charge in [0.1, 0.15) is 0 Å². The average Bonchev–Trinajstić information content (AvgIpc) is 2.85. The molecule has 2 aliphatic rings. The molecule has 1 amide bonds. The van der Waals surface area contributed by atoms with E-state index in [0.717, 1.165) is 25.7 Å². The van der Waals surface area contributed by atoms with Crippen LogP contribution in [0.1, 0.15) is 25.7 Å². The Bertz CT molecular complexity index is 420. The van der Waals surface area contributed by atoms with E-state index in [1.807, 2.05) is 0 Å². The molecule has 0 radical (unpaired) electrons. The fraction of sp³-hybridized carbons (Fsp3) is 0.909. The zero-order valence-corrected chi connectivity index (χ0v) is 11.2. The van der Waals surface area contributed by atoms with Crippen molar-refractivity contribution in [3.8, 4) is 0 Å². The van der Waals surface area contributed by atoms with E-state index in [1.165, 1.54) is 10.6 Å². The van der Waals surface area contributed by atoms with Gasteiger partial charge in [-0.15, -0.1) is 0 Å². The van der Waals surface area contributed by atoms with Gasteiger partial charge < -0.3 is 5.32 Å². The van der Waals surface area contributed by atoms with E-state index in [0.29, 0.717) is 13.1 Å². The normalized spacial score (nSPS) is 34.4. The number of nitrogens with zero attached hydrogens (tertiary/aromatic N) is 1. The lowest BCUT2D eigenvalue weighted by Crippen LogP contribution is -2.40. The third kappa shape index (κ3) is 2.20. The van der Waals surface area contributed by atoms with Crippen LogP contribution < -0.4 is 5.32 Å². The van der Waals surface area contributed by atoms with Gasteiger partial charge in [0.25, 0.3) is 0 Å². The second-order valence-corrected chi connectivity index (χ2v) is 7.25. The van der Waals surface area contributed by atoms with Crippen molar-refractivity contribution in [2.75, 3.05) is 26.4 Å². The molecule has 0 unspecified atom stereocenters. The minimum Gasteiger partial charge on any atom is -0.359 e. The predicted molar refractivity (Wildman–Crippen MR) is 64.9 cm³/mol. The van der Waals surface area contributed by atoms with Crippen LogP contribution in [0, 0.1) is 11.3 Å². The SMILES string of the molecule is CNC(=O)[C@H]1CCC[C@]12CCN(S(C)(=O)=O)C2. The second-order valence-electron chi connectivity index (χ2n) is 5.27. The van der Waals surface area contributed by atoms with Crippen LogP contribution in [-0.4, -0.2) is 45.0 Å². The maximum absolute atomic E-state index is 11.9. The van der Waals surface area contributed by atoms with Crippen LogP contribution in [0.15, 0.2) is 0 Å². The Labute approximate surface area is 103 Å². The van der Waals surface area contributed by atoms with E-state index >= 15 is 0 Å². The third-order valence-corrected chi connectivity index (χ3v) is 5.54. The first-order valence-electron chi connectivity index (χ1n) is 6.06. The summed E-state index contributed by atoms with van der Waals surface area (Å²) in [6.07, 6.45) is 4.94. The number of carbonyl (C=O) groups is 1. The number of hydrogen-bond acceptors (Lipinski definition) is 3. The summed E-state index contributed by atoms with van der Waals surface area (Å²) in [5.74, 6) is 0.0529. The molecule has 1 spiro atoms. The zero-order valence-electron chi connectivity index (χ0n) is 10.4. The fourth-order valence-corrected chi connectivity index (χ4v) is 4.26. The summed E-state index contributed by atoms with van der Waals surface area (Å²) in [4.78, 5) is 11.9. The van der Waals surface area contributed by atoms with Crippen LogP contribution in [0.4, 0.5) is 0 Å². The van der Waals surface area contributed by atoms with Gasteiger partial charge in [-0.05, 0) is 24.7 Å². The first-order valence-corrected chi connectivity index (χ1v) is 7.91. The van der Waals surface area contributed by atoms with Gasteiger partial charge >= 0.3 is 0 Å².